The Morgan fingerprint density at radius 1 is 1.44 bits per heavy atom. The lowest BCUT2D eigenvalue weighted by Gasteiger charge is -2.12. The minimum absolute atomic E-state index is 0.270. The van der Waals surface area contributed by atoms with E-state index in [0.29, 0.717) is 34.6 Å². The molecule has 0 aliphatic carbocycles. The van der Waals surface area contributed by atoms with Crippen molar-refractivity contribution in [2.45, 2.75) is 12.3 Å². The van der Waals surface area contributed by atoms with E-state index in [1.54, 1.807) is 25.4 Å². The smallest absolute Gasteiger partial charge is 0.253 e. The molecule has 3 rings (SSSR count). The molecule has 0 spiro atoms. The predicted molar refractivity (Wildman–Crippen MR) is 95.1 cm³/mol. The van der Waals surface area contributed by atoms with E-state index in [1.165, 1.54) is 6.07 Å². The molecule has 1 aromatic heterocycles. The molecule has 1 atom stereocenters. The maximum absolute atomic E-state index is 13.5. The lowest BCUT2D eigenvalue weighted by molar-refractivity contribution is -0.120. The first-order chi connectivity index (χ1) is 12.1. The average Bonchev–Trinajstić information content (AvgIpc) is 3.20. The second-order valence-electron chi connectivity index (χ2n) is 5.51. The van der Waals surface area contributed by atoms with Crippen molar-refractivity contribution in [1.82, 2.24) is 15.6 Å². The van der Waals surface area contributed by atoms with E-state index in [0.717, 1.165) is 12.1 Å². The Labute approximate surface area is 152 Å². The predicted octanol–water partition coefficient (Wildman–Crippen LogP) is 2.38. The van der Waals surface area contributed by atoms with Gasteiger partial charge in [0.2, 0.25) is 0 Å². The molecule has 0 saturated heterocycles. The average molecular weight is 410 g/mol. The van der Waals surface area contributed by atoms with Crippen molar-refractivity contribution in [3.63, 3.8) is 0 Å². The number of carbonyl (C=O) groups excluding carboxylic acids is 1. The van der Waals surface area contributed by atoms with Crippen molar-refractivity contribution in [2.24, 2.45) is 5.10 Å². The number of carbonyl (C=O) groups is 1. The zero-order chi connectivity index (χ0) is 17.8. The number of aromatic nitrogens is 2. The van der Waals surface area contributed by atoms with Crippen LogP contribution < -0.4 is 10.7 Å². The van der Waals surface area contributed by atoms with Gasteiger partial charge >= 0.3 is 0 Å². The molecule has 9 heteroatoms. The SMILES string of the molecule is COCCCNc1cn[nH]c1C1=NNC(=O)C1c1ccc(F)c(Br)c1. The van der Waals surface area contributed by atoms with Gasteiger partial charge in [0.05, 0.1) is 16.4 Å². The third kappa shape index (κ3) is 3.72. The van der Waals surface area contributed by atoms with Gasteiger partial charge in [0, 0.05) is 20.3 Å². The van der Waals surface area contributed by atoms with Crippen LogP contribution >= 0.6 is 15.9 Å². The molecule has 0 radical (unpaired) electrons. The topological polar surface area (TPSA) is 91.4 Å². The van der Waals surface area contributed by atoms with E-state index in [-0.39, 0.29) is 11.7 Å². The Bertz CT molecular complexity index is 808. The van der Waals surface area contributed by atoms with E-state index in [1.807, 2.05) is 0 Å². The van der Waals surface area contributed by atoms with E-state index >= 15 is 0 Å². The number of aromatic amines is 1. The van der Waals surface area contributed by atoms with E-state index in [2.05, 4.69) is 42.0 Å². The molecule has 1 unspecified atom stereocenters. The summed E-state index contributed by atoms with van der Waals surface area (Å²) in [6.07, 6.45) is 2.48. The van der Waals surface area contributed by atoms with Crippen LogP contribution in [0.3, 0.4) is 0 Å². The molecule has 1 aliphatic rings. The molecule has 1 aromatic carbocycles. The highest BCUT2D eigenvalue weighted by Crippen LogP contribution is 2.30. The van der Waals surface area contributed by atoms with Crippen LogP contribution in [0.25, 0.3) is 0 Å². The molecule has 1 amide bonds. The summed E-state index contributed by atoms with van der Waals surface area (Å²) in [5, 5.41) is 14.3. The number of nitrogens with zero attached hydrogens (tertiary/aromatic N) is 2. The molecule has 25 heavy (non-hydrogen) atoms. The number of methoxy groups -OCH3 is 1. The van der Waals surface area contributed by atoms with Gasteiger partial charge < -0.3 is 10.1 Å². The van der Waals surface area contributed by atoms with Gasteiger partial charge in [0.1, 0.15) is 23.1 Å². The molecule has 0 bridgehead atoms. The summed E-state index contributed by atoms with van der Waals surface area (Å²) >= 11 is 3.15. The molecule has 2 heterocycles. The van der Waals surface area contributed by atoms with Gasteiger partial charge in [-0.3, -0.25) is 9.89 Å². The fourth-order valence-corrected chi connectivity index (χ4v) is 3.02. The van der Waals surface area contributed by atoms with Crippen molar-refractivity contribution >= 4 is 33.2 Å². The monoisotopic (exact) mass is 409 g/mol. The third-order valence-electron chi connectivity index (χ3n) is 3.84. The van der Waals surface area contributed by atoms with Crippen LogP contribution in [0.5, 0.6) is 0 Å². The summed E-state index contributed by atoms with van der Waals surface area (Å²) in [4.78, 5) is 12.3. The number of anilines is 1. The molecule has 0 fully saturated rings. The second-order valence-corrected chi connectivity index (χ2v) is 6.37. The Morgan fingerprint density at radius 2 is 2.28 bits per heavy atom. The number of halogens is 2. The van der Waals surface area contributed by atoms with Gasteiger partial charge in [0.25, 0.3) is 5.91 Å². The van der Waals surface area contributed by atoms with Gasteiger partial charge in [-0.25, -0.2) is 9.82 Å². The highest BCUT2D eigenvalue weighted by molar-refractivity contribution is 9.10. The number of hydrogen-bond acceptors (Lipinski definition) is 5. The van der Waals surface area contributed by atoms with E-state index in [4.69, 9.17) is 4.74 Å². The molecule has 1 aliphatic heterocycles. The summed E-state index contributed by atoms with van der Waals surface area (Å²) in [6.45, 7) is 1.34. The molecule has 0 saturated carbocycles. The fraction of sp³-hybridized carbons (Fsp3) is 0.312. The maximum atomic E-state index is 13.5. The molecule has 132 valence electrons. The van der Waals surface area contributed by atoms with Gasteiger partial charge in [0.15, 0.2) is 0 Å². The molecule has 7 nitrogen and oxygen atoms in total. The van der Waals surface area contributed by atoms with Gasteiger partial charge in [-0.05, 0) is 40.0 Å². The van der Waals surface area contributed by atoms with Crippen LogP contribution in [0.15, 0.2) is 34.0 Å². The van der Waals surface area contributed by atoms with Crippen molar-refractivity contribution in [1.29, 1.82) is 0 Å². The molecular formula is C16H17BrFN5O2. The number of ether oxygens (including phenoxy) is 1. The molecule has 3 N–H and O–H groups in total. The van der Waals surface area contributed by atoms with Gasteiger partial charge in [-0.2, -0.15) is 10.2 Å². The third-order valence-corrected chi connectivity index (χ3v) is 4.44. The van der Waals surface area contributed by atoms with Crippen LogP contribution in [0.4, 0.5) is 10.1 Å². The minimum Gasteiger partial charge on any atom is -0.385 e. The largest absolute Gasteiger partial charge is 0.385 e. The molecular weight excluding hydrogens is 393 g/mol. The van der Waals surface area contributed by atoms with Crippen LogP contribution in [-0.4, -0.2) is 42.1 Å². The van der Waals surface area contributed by atoms with E-state index < -0.39 is 5.92 Å². The number of hydrogen-bond donors (Lipinski definition) is 3. The van der Waals surface area contributed by atoms with Gasteiger partial charge in [-0.1, -0.05) is 6.07 Å². The number of nitrogens with one attached hydrogen (secondary N) is 3. The standard InChI is InChI=1S/C16H17BrFN5O2/c1-25-6-2-5-19-12-8-20-21-14(12)15-13(16(24)23-22-15)9-3-4-11(18)10(17)7-9/h3-4,7-8,13,19H,2,5-6H2,1H3,(H,20,21)(H,23,24). The Balaban J connectivity index is 1.85. The summed E-state index contributed by atoms with van der Waals surface area (Å²) in [5.41, 5.74) is 5.01. The lowest BCUT2D eigenvalue weighted by atomic mass is 9.92. The summed E-state index contributed by atoms with van der Waals surface area (Å²) in [6, 6.07) is 4.48. The fourth-order valence-electron chi connectivity index (χ4n) is 2.63. The van der Waals surface area contributed by atoms with Gasteiger partial charge in [-0.15, -0.1) is 0 Å². The summed E-state index contributed by atoms with van der Waals surface area (Å²) in [7, 11) is 1.65. The minimum atomic E-state index is -0.642. The molecule has 2 aromatic rings. The van der Waals surface area contributed by atoms with Crippen molar-refractivity contribution < 1.29 is 13.9 Å². The Hall–Kier alpha value is -2.26. The first-order valence-electron chi connectivity index (χ1n) is 7.70. The maximum Gasteiger partial charge on any atom is 0.253 e. The van der Waals surface area contributed by atoms with Crippen LogP contribution in [0.2, 0.25) is 0 Å². The zero-order valence-corrected chi connectivity index (χ0v) is 15.1. The summed E-state index contributed by atoms with van der Waals surface area (Å²) < 4.78 is 18.8. The quantitative estimate of drug-likeness (QED) is 0.612. The van der Waals surface area contributed by atoms with E-state index in [9.17, 15) is 9.18 Å². The number of hydrazone groups is 1. The zero-order valence-electron chi connectivity index (χ0n) is 13.5. The van der Waals surface area contributed by atoms with Crippen molar-refractivity contribution in [3.05, 3.63) is 45.9 Å². The first kappa shape index (κ1) is 17.6. The van der Waals surface area contributed by atoms with Crippen LogP contribution in [0, 0.1) is 5.82 Å². The van der Waals surface area contributed by atoms with Crippen LogP contribution in [-0.2, 0) is 9.53 Å². The lowest BCUT2D eigenvalue weighted by Crippen LogP contribution is -2.22. The Kier molecular flexibility index (Phi) is 5.44. The Morgan fingerprint density at radius 3 is 3.04 bits per heavy atom. The highest BCUT2D eigenvalue weighted by atomic mass is 79.9. The van der Waals surface area contributed by atoms with Crippen LogP contribution in [0.1, 0.15) is 23.6 Å². The number of benzene rings is 1. The highest BCUT2D eigenvalue weighted by Gasteiger charge is 2.35. The normalized spacial score (nSPS) is 16.7. The van der Waals surface area contributed by atoms with Crippen molar-refractivity contribution in [3.8, 4) is 0 Å². The summed E-state index contributed by atoms with van der Waals surface area (Å²) in [5.74, 6) is -1.30. The number of rotatable bonds is 7. The number of H-pyrrole nitrogens is 1. The van der Waals surface area contributed by atoms with Crippen molar-refractivity contribution in [2.75, 3.05) is 25.6 Å². The number of amides is 1. The second kappa shape index (κ2) is 7.75. The first-order valence-corrected chi connectivity index (χ1v) is 8.50.